The highest BCUT2D eigenvalue weighted by atomic mass is 19.1. The van der Waals surface area contributed by atoms with E-state index in [4.69, 9.17) is 0 Å². The molecular weight excluding hydrogens is 427 g/mol. The predicted octanol–water partition coefficient (Wildman–Crippen LogP) is 4.73. The van der Waals surface area contributed by atoms with Crippen LogP contribution in [0.2, 0.25) is 0 Å². The molecule has 34 heavy (non-hydrogen) atoms. The van der Waals surface area contributed by atoms with E-state index in [2.05, 4.69) is 34.1 Å². The molecule has 1 aromatic heterocycles. The Balaban J connectivity index is 1.41. The highest BCUT2D eigenvalue weighted by Gasteiger charge is 2.57. The highest BCUT2D eigenvalue weighted by molar-refractivity contribution is 5.86. The maximum atomic E-state index is 14.9. The molecule has 0 radical (unpaired) electrons. The van der Waals surface area contributed by atoms with E-state index in [1.807, 2.05) is 24.3 Å². The van der Waals surface area contributed by atoms with Crippen LogP contribution in [0.3, 0.4) is 0 Å². The molecule has 3 aromatic carbocycles. The quantitative estimate of drug-likeness (QED) is 0.416. The van der Waals surface area contributed by atoms with Crippen LogP contribution in [-0.2, 0) is 24.7 Å². The van der Waals surface area contributed by atoms with E-state index in [0.717, 1.165) is 48.3 Å². The van der Waals surface area contributed by atoms with Gasteiger partial charge in [0.15, 0.2) is 0 Å². The largest absolute Gasteiger partial charge is 0.508 e. The number of hydrogen-bond acceptors (Lipinski definition) is 3. The maximum Gasteiger partial charge on any atom is 0.132 e. The van der Waals surface area contributed by atoms with Gasteiger partial charge < -0.3 is 20.1 Å². The van der Waals surface area contributed by atoms with E-state index in [9.17, 15) is 14.6 Å². The number of aromatic nitrogens is 1. The molecular formula is C29H29FN2O2. The number of rotatable bonds is 4. The Bertz CT molecular complexity index is 1350. The monoisotopic (exact) mass is 456 g/mol. The van der Waals surface area contributed by atoms with Crippen molar-refractivity contribution in [3.8, 4) is 5.75 Å². The number of benzene rings is 3. The molecule has 2 atom stereocenters. The standard InChI is InChI=1S/C29H29FN2O2/c30-24-10-5-11-25-27(24)23-17-29(34)19-32(14-12-20-6-2-1-3-7-20)15-13-28(29,18-26(23)31-25)21-8-4-9-22(33)16-21/h1-11,16,31,33-34H,12-15,17-19H2/t28-,29-/m0/s1. The lowest BCUT2D eigenvalue weighted by atomic mass is 9.56. The van der Waals surface area contributed by atoms with Crippen molar-refractivity contribution in [1.82, 2.24) is 9.88 Å². The van der Waals surface area contributed by atoms with Gasteiger partial charge in [-0.15, -0.1) is 0 Å². The van der Waals surface area contributed by atoms with Gasteiger partial charge in [-0.25, -0.2) is 4.39 Å². The summed E-state index contributed by atoms with van der Waals surface area (Å²) in [6.07, 6.45) is 2.64. The van der Waals surface area contributed by atoms with E-state index in [0.29, 0.717) is 24.8 Å². The van der Waals surface area contributed by atoms with Crippen molar-refractivity contribution in [3.63, 3.8) is 0 Å². The average molecular weight is 457 g/mol. The molecule has 3 N–H and O–H groups in total. The number of aromatic hydroxyl groups is 1. The van der Waals surface area contributed by atoms with Gasteiger partial charge in [-0.05, 0) is 60.3 Å². The van der Waals surface area contributed by atoms with Crippen LogP contribution in [0.4, 0.5) is 4.39 Å². The Morgan fingerprint density at radius 3 is 2.62 bits per heavy atom. The minimum absolute atomic E-state index is 0.203. The molecule has 1 fully saturated rings. The summed E-state index contributed by atoms with van der Waals surface area (Å²) in [5.74, 6) is -0.0468. The van der Waals surface area contributed by atoms with Gasteiger partial charge in [0.2, 0.25) is 0 Å². The topological polar surface area (TPSA) is 59.5 Å². The molecule has 174 valence electrons. The molecule has 2 heterocycles. The summed E-state index contributed by atoms with van der Waals surface area (Å²) < 4.78 is 14.9. The van der Waals surface area contributed by atoms with Gasteiger partial charge in [-0.2, -0.15) is 0 Å². The number of fused-ring (bicyclic) bond motifs is 4. The number of H-pyrrole nitrogens is 1. The third kappa shape index (κ3) is 3.34. The first-order valence-electron chi connectivity index (χ1n) is 12.0. The molecule has 4 aromatic rings. The van der Waals surface area contributed by atoms with Crippen LogP contribution in [0, 0.1) is 5.82 Å². The molecule has 0 unspecified atom stereocenters. The number of phenolic OH excluding ortho intramolecular Hbond substituents is 1. The van der Waals surface area contributed by atoms with Crippen molar-refractivity contribution in [2.45, 2.75) is 36.7 Å². The summed E-state index contributed by atoms with van der Waals surface area (Å²) in [4.78, 5) is 5.78. The highest BCUT2D eigenvalue weighted by Crippen LogP contribution is 2.52. The Morgan fingerprint density at radius 2 is 1.79 bits per heavy atom. The second-order valence-corrected chi connectivity index (χ2v) is 10.0. The molecule has 0 amide bonds. The Morgan fingerprint density at radius 1 is 0.971 bits per heavy atom. The Kier molecular flexibility index (Phi) is 5.01. The minimum atomic E-state index is -1.08. The van der Waals surface area contributed by atoms with Crippen LogP contribution in [0.1, 0.15) is 28.8 Å². The molecule has 1 saturated heterocycles. The van der Waals surface area contributed by atoms with Crippen molar-refractivity contribution in [1.29, 1.82) is 0 Å². The molecule has 0 spiro atoms. The third-order valence-corrected chi connectivity index (χ3v) is 8.10. The number of β-amino-alcohol motifs (C(OH)–C–C–N with tert-alkyl or cyclic N) is 1. The minimum Gasteiger partial charge on any atom is -0.508 e. The predicted molar refractivity (Wildman–Crippen MR) is 132 cm³/mol. The lowest BCUT2D eigenvalue weighted by molar-refractivity contribution is -0.102. The number of likely N-dealkylation sites (tertiary alicyclic amines) is 1. The Hall–Kier alpha value is -3.15. The van der Waals surface area contributed by atoms with Gasteiger partial charge in [0, 0.05) is 47.9 Å². The number of nitrogens with one attached hydrogen (secondary N) is 1. The first-order chi connectivity index (χ1) is 16.5. The molecule has 2 aliphatic rings. The van der Waals surface area contributed by atoms with Crippen LogP contribution in [0.15, 0.2) is 72.8 Å². The molecule has 1 aliphatic carbocycles. The SMILES string of the molecule is Oc1cccc([C@@]23CCN(CCc4ccccc4)C[C@@]2(O)Cc2c([nH]c4cccc(F)c24)C3)c1. The van der Waals surface area contributed by atoms with Crippen molar-refractivity contribution in [3.05, 3.63) is 101 Å². The first-order valence-corrected chi connectivity index (χ1v) is 12.0. The molecule has 4 nitrogen and oxygen atoms in total. The zero-order valence-corrected chi connectivity index (χ0v) is 19.1. The average Bonchev–Trinajstić information content (AvgIpc) is 3.19. The fraction of sp³-hybridized carbons (Fsp3) is 0.310. The van der Waals surface area contributed by atoms with Crippen LogP contribution in [-0.4, -0.2) is 45.3 Å². The summed E-state index contributed by atoms with van der Waals surface area (Å²) in [5, 5.41) is 23.3. The van der Waals surface area contributed by atoms with Crippen LogP contribution in [0.5, 0.6) is 5.75 Å². The van der Waals surface area contributed by atoms with Crippen molar-refractivity contribution in [2.75, 3.05) is 19.6 Å². The van der Waals surface area contributed by atoms with Gasteiger partial charge in [0.05, 0.1) is 5.60 Å². The van der Waals surface area contributed by atoms with Gasteiger partial charge in [0.25, 0.3) is 0 Å². The number of hydrogen-bond donors (Lipinski definition) is 3. The van der Waals surface area contributed by atoms with Crippen molar-refractivity contribution in [2.24, 2.45) is 0 Å². The second-order valence-electron chi connectivity index (χ2n) is 10.0. The van der Waals surface area contributed by atoms with Crippen molar-refractivity contribution < 1.29 is 14.6 Å². The summed E-state index contributed by atoms with van der Waals surface area (Å²) >= 11 is 0. The number of phenols is 1. The lowest BCUT2D eigenvalue weighted by Gasteiger charge is -2.56. The molecule has 0 saturated carbocycles. The van der Waals surface area contributed by atoms with Gasteiger partial charge >= 0.3 is 0 Å². The summed E-state index contributed by atoms with van der Waals surface area (Å²) in [6, 6.07) is 22.8. The second kappa shape index (κ2) is 7.97. The third-order valence-electron chi connectivity index (χ3n) is 8.10. The Labute approximate surface area is 198 Å². The number of nitrogens with zero attached hydrogens (tertiary/aromatic N) is 1. The first kappa shape index (κ1) is 21.4. The van der Waals surface area contributed by atoms with Crippen LogP contribution < -0.4 is 0 Å². The van der Waals surface area contributed by atoms with E-state index in [1.54, 1.807) is 18.2 Å². The molecule has 1 aliphatic heterocycles. The molecule has 5 heteroatoms. The van der Waals surface area contributed by atoms with Gasteiger partial charge in [0.1, 0.15) is 11.6 Å². The number of aromatic amines is 1. The molecule has 0 bridgehead atoms. The summed E-state index contributed by atoms with van der Waals surface area (Å²) in [7, 11) is 0. The van der Waals surface area contributed by atoms with Gasteiger partial charge in [-0.3, -0.25) is 0 Å². The smallest absolute Gasteiger partial charge is 0.132 e. The zero-order valence-electron chi connectivity index (χ0n) is 19.1. The van der Waals surface area contributed by atoms with Gasteiger partial charge in [-0.1, -0.05) is 48.5 Å². The van der Waals surface area contributed by atoms with E-state index in [-0.39, 0.29) is 11.6 Å². The van der Waals surface area contributed by atoms with E-state index >= 15 is 0 Å². The lowest BCUT2D eigenvalue weighted by Crippen LogP contribution is -2.66. The zero-order chi connectivity index (χ0) is 23.3. The summed E-state index contributed by atoms with van der Waals surface area (Å²) in [5.41, 5.74) is 3.24. The number of halogens is 1. The number of aliphatic hydroxyl groups is 1. The van der Waals surface area contributed by atoms with Crippen LogP contribution in [0.25, 0.3) is 10.9 Å². The van der Waals surface area contributed by atoms with Crippen LogP contribution >= 0.6 is 0 Å². The van der Waals surface area contributed by atoms with E-state index < -0.39 is 11.0 Å². The fourth-order valence-corrected chi connectivity index (χ4v) is 6.37. The normalized spacial score (nSPS) is 24.6. The summed E-state index contributed by atoms with van der Waals surface area (Å²) in [6.45, 7) is 2.22. The van der Waals surface area contributed by atoms with E-state index in [1.165, 1.54) is 11.6 Å². The van der Waals surface area contributed by atoms with Crippen molar-refractivity contribution >= 4 is 10.9 Å². The molecule has 6 rings (SSSR count). The fourth-order valence-electron chi connectivity index (χ4n) is 6.37. The maximum absolute atomic E-state index is 14.9. The number of piperidine rings is 1.